The molecular formula is C18H13ClN2O5S. The van der Waals surface area contributed by atoms with Gasteiger partial charge in [-0.3, -0.25) is 14.9 Å². The molecule has 0 atom stereocenters. The molecule has 0 bridgehead atoms. The summed E-state index contributed by atoms with van der Waals surface area (Å²) in [6.07, 6.45) is 2.21. The lowest BCUT2D eigenvalue weighted by molar-refractivity contribution is -0.119. The largest absolute Gasteiger partial charge is 0.453 e. The third-order valence-electron chi connectivity index (χ3n) is 3.42. The minimum Gasteiger partial charge on any atom is -0.453 e. The summed E-state index contributed by atoms with van der Waals surface area (Å²) in [5, 5.41) is 3.14. The van der Waals surface area contributed by atoms with Gasteiger partial charge in [0.2, 0.25) is 0 Å². The molecule has 9 heteroatoms. The normalized spacial score (nSPS) is 10.4. The van der Waals surface area contributed by atoms with Crippen molar-refractivity contribution in [3.63, 3.8) is 0 Å². The van der Waals surface area contributed by atoms with Crippen molar-refractivity contribution in [3.8, 4) is 11.3 Å². The summed E-state index contributed by atoms with van der Waals surface area (Å²) in [5.74, 6) is -0.695. The summed E-state index contributed by atoms with van der Waals surface area (Å²) in [4.78, 5) is 39.8. The monoisotopic (exact) mass is 404 g/mol. The Morgan fingerprint density at radius 3 is 2.81 bits per heavy atom. The number of anilines is 1. The molecule has 2 heterocycles. The van der Waals surface area contributed by atoms with Crippen LogP contribution in [0.15, 0.2) is 40.9 Å². The quantitative estimate of drug-likeness (QED) is 0.493. The fourth-order valence-electron chi connectivity index (χ4n) is 2.18. The fourth-order valence-corrected chi connectivity index (χ4v) is 3.06. The zero-order valence-electron chi connectivity index (χ0n) is 14.0. The Morgan fingerprint density at radius 1 is 1.33 bits per heavy atom. The van der Waals surface area contributed by atoms with E-state index in [1.165, 1.54) is 29.5 Å². The van der Waals surface area contributed by atoms with Gasteiger partial charge in [-0.15, -0.1) is 11.3 Å². The van der Waals surface area contributed by atoms with E-state index in [2.05, 4.69) is 10.3 Å². The lowest BCUT2D eigenvalue weighted by atomic mass is 10.1. The zero-order valence-corrected chi connectivity index (χ0v) is 15.6. The second-order valence-electron chi connectivity index (χ2n) is 5.41. The number of esters is 1. The van der Waals surface area contributed by atoms with Crippen molar-refractivity contribution in [2.45, 2.75) is 6.92 Å². The van der Waals surface area contributed by atoms with Crippen molar-refractivity contribution < 1.29 is 23.5 Å². The number of rotatable bonds is 6. The molecule has 0 fully saturated rings. The van der Waals surface area contributed by atoms with Gasteiger partial charge in [0.25, 0.3) is 5.91 Å². The van der Waals surface area contributed by atoms with Crippen LogP contribution in [0.25, 0.3) is 11.3 Å². The molecule has 1 aromatic carbocycles. The first-order chi connectivity index (χ1) is 13.0. The molecule has 0 unspecified atom stereocenters. The van der Waals surface area contributed by atoms with E-state index in [1.807, 2.05) is 6.92 Å². The number of carbonyl (C=O) groups is 3. The van der Waals surface area contributed by atoms with Crippen LogP contribution in [0.4, 0.5) is 5.13 Å². The Morgan fingerprint density at radius 2 is 2.15 bits per heavy atom. The molecule has 0 saturated heterocycles. The number of benzene rings is 1. The fraction of sp³-hybridized carbons (Fsp3) is 0.111. The van der Waals surface area contributed by atoms with E-state index in [-0.39, 0.29) is 16.3 Å². The molecule has 0 aliphatic rings. The molecule has 2 aromatic heterocycles. The van der Waals surface area contributed by atoms with Crippen LogP contribution in [0, 0.1) is 6.92 Å². The van der Waals surface area contributed by atoms with Crippen LogP contribution in [0.1, 0.15) is 25.8 Å². The minimum atomic E-state index is -0.755. The van der Waals surface area contributed by atoms with Crippen molar-refractivity contribution >= 4 is 46.2 Å². The van der Waals surface area contributed by atoms with E-state index in [4.69, 9.17) is 20.8 Å². The second kappa shape index (κ2) is 8.15. The van der Waals surface area contributed by atoms with E-state index < -0.39 is 18.5 Å². The number of carbonyl (C=O) groups excluding carboxylic acids is 3. The molecule has 1 amide bonds. The Bertz CT molecular complexity index is 1010. The SMILES string of the molecule is Cc1cnc(NC(=O)COC(=O)c2cc(-c3ccc(C=O)o3)ccc2Cl)s1. The molecule has 27 heavy (non-hydrogen) atoms. The Hall–Kier alpha value is -2.97. The molecule has 3 rings (SSSR count). The van der Waals surface area contributed by atoms with E-state index in [1.54, 1.807) is 18.3 Å². The van der Waals surface area contributed by atoms with Crippen LogP contribution in [0.5, 0.6) is 0 Å². The maximum atomic E-state index is 12.3. The van der Waals surface area contributed by atoms with Gasteiger partial charge >= 0.3 is 5.97 Å². The number of furan rings is 1. The predicted octanol–water partition coefficient (Wildman–Crippen LogP) is 3.97. The Kier molecular flexibility index (Phi) is 5.68. The first kappa shape index (κ1) is 18.8. The van der Waals surface area contributed by atoms with Gasteiger partial charge in [-0.05, 0) is 37.3 Å². The highest BCUT2D eigenvalue weighted by Crippen LogP contribution is 2.27. The standard InChI is InChI=1S/C18H13ClN2O5S/c1-10-7-20-18(27-10)21-16(23)9-25-17(24)13-6-11(2-4-14(13)19)15-5-3-12(8-22)26-15/h2-8H,9H2,1H3,(H,20,21,23). The number of amides is 1. The molecule has 0 aliphatic carbocycles. The molecule has 3 aromatic rings. The van der Waals surface area contributed by atoms with Crippen molar-refractivity contribution in [2.24, 2.45) is 0 Å². The third kappa shape index (κ3) is 4.60. The molecule has 0 spiro atoms. The van der Waals surface area contributed by atoms with Gasteiger partial charge in [0.15, 0.2) is 23.8 Å². The molecular weight excluding hydrogens is 392 g/mol. The highest BCUT2D eigenvalue weighted by molar-refractivity contribution is 7.15. The lowest BCUT2D eigenvalue weighted by Crippen LogP contribution is -2.21. The van der Waals surface area contributed by atoms with Gasteiger partial charge in [0.1, 0.15) is 5.76 Å². The number of ether oxygens (including phenoxy) is 1. The molecule has 7 nitrogen and oxygen atoms in total. The number of thiazole rings is 1. The number of hydrogen-bond acceptors (Lipinski definition) is 7. The van der Waals surface area contributed by atoms with E-state index in [0.29, 0.717) is 22.7 Å². The number of hydrogen-bond donors (Lipinski definition) is 1. The predicted molar refractivity (Wildman–Crippen MR) is 100 cm³/mol. The molecule has 0 radical (unpaired) electrons. The minimum absolute atomic E-state index is 0.0797. The van der Waals surface area contributed by atoms with Crippen molar-refractivity contribution in [1.82, 2.24) is 4.98 Å². The average molecular weight is 405 g/mol. The number of aldehydes is 1. The highest BCUT2D eigenvalue weighted by atomic mass is 35.5. The summed E-state index contributed by atoms with van der Waals surface area (Å²) in [7, 11) is 0. The number of halogens is 1. The van der Waals surface area contributed by atoms with Gasteiger partial charge in [0.05, 0.1) is 10.6 Å². The van der Waals surface area contributed by atoms with Gasteiger partial charge in [0, 0.05) is 16.6 Å². The van der Waals surface area contributed by atoms with Crippen molar-refractivity contribution in [3.05, 3.63) is 57.8 Å². The van der Waals surface area contributed by atoms with Crippen LogP contribution in [0.2, 0.25) is 5.02 Å². The summed E-state index contributed by atoms with van der Waals surface area (Å²) in [6, 6.07) is 7.74. The molecule has 0 saturated carbocycles. The van der Waals surface area contributed by atoms with Gasteiger partial charge < -0.3 is 9.15 Å². The maximum Gasteiger partial charge on any atom is 0.340 e. The molecule has 0 aliphatic heterocycles. The zero-order chi connectivity index (χ0) is 19.4. The van der Waals surface area contributed by atoms with Crippen LogP contribution < -0.4 is 5.32 Å². The maximum absolute atomic E-state index is 12.3. The Balaban J connectivity index is 1.67. The van der Waals surface area contributed by atoms with Crippen molar-refractivity contribution in [2.75, 3.05) is 11.9 Å². The van der Waals surface area contributed by atoms with E-state index >= 15 is 0 Å². The smallest absolute Gasteiger partial charge is 0.340 e. The molecule has 138 valence electrons. The third-order valence-corrected chi connectivity index (χ3v) is 4.57. The van der Waals surface area contributed by atoms with Crippen LogP contribution in [0.3, 0.4) is 0 Å². The number of nitrogens with one attached hydrogen (secondary N) is 1. The van der Waals surface area contributed by atoms with Crippen LogP contribution in [-0.4, -0.2) is 29.8 Å². The highest BCUT2D eigenvalue weighted by Gasteiger charge is 2.17. The lowest BCUT2D eigenvalue weighted by Gasteiger charge is -2.07. The summed E-state index contributed by atoms with van der Waals surface area (Å²) < 4.78 is 10.3. The summed E-state index contributed by atoms with van der Waals surface area (Å²) >= 11 is 7.38. The van der Waals surface area contributed by atoms with Gasteiger partial charge in [-0.25, -0.2) is 9.78 Å². The Labute approximate surface area is 162 Å². The van der Waals surface area contributed by atoms with Gasteiger partial charge in [-0.2, -0.15) is 0 Å². The number of aryl methyl sites for hydroxylation is 1. The van der Waals surface area contributed by atoms with Gasteiger partial charge in [-0.1, -0.05) is 11.6 Å². The van der Waals surface area contributed by atoms with E-state index in [9.17, 15) is 14.4 Å². The summed E-state index contributed by atoms with van der Waals surface area (Å²) in [6.45, 7) is 1.38. The van der Waals surface area contributed by atoms with Crippen molar-refractivity contribution in [1.29, 1.82) is 0 Å². The first-order valence-electron chi connectivity index (χ1n) is 7.70. The van der Waals surface area contributed by atoms with E-state index in [0.717, 1.165) is 4.88 Å². The molecule has 1 N–H and O–H groups in total. The number of nitrogens with zero attached hydrogens (tertiary/aromatic N) is 1. The first-order valence-corrected chi connectivity index (χ1v) is 8.90. The summed E-state index contributed by atoms with van der Waals surface area (Å²) in [5.41, 5.74) is 0.623. The topological polar surface area (TPSA) is 98.5 Å². The number of aromatic nitrogens is 1. The average Bonchev–Trinajstić information content (AvgIpc) is 3.29. The van der Waals surface area contributed by atoms with Crippen LogP contribution in [-0.2, 0) is 9.53 Å². The second-order valence-corrected chi connectivity index (χ2v) is 7.06. The van der Waals surface area contributed by atoms with Crippen LogP contribution >= 0.6 is 22.9 Å².